The molecule has 0 N–H and O–H groups in total. The molecule has 3 nitrogen and oxygen atoms in total. The number of fused-ring (bicyclic) bond motifs is 10. The summed E-state index contributed by atoms with van der Waals surface area (Å²) >= 11 is 0. The van der Waals surface area contributed by atoms with Crippen LogP contribution in [0.2, 0.25) is 0 Å². The van der Waals surface area contributed by atoms with Gasteiger partial charge in [0.25, 0.3) is 0 Å². The van der Waals surface area contributed by atoms with Crippen LogP contribution in [0.15, 0.2) is 237 Å². The minimum atomic E-state index is 0.860. The third-order valence-electron chi connectivity index (χ3n) is 13.2. The maximum atomic E-state index is 5.26. The van der Waals surface area contributed by atoms with Gasteiger partial charge in [0.05, 0.1) is 34.0 Å². The molecule has 13 aromatic rings. The Morgan fingerprint density at radius 2 is 0.785 bits per heavy atom. The van der Waals surface area contributed by atoms with E-state index in [2.05, 4.69) is 235 Å². The minimum absolute atomic E-state index is 0.860. The van der Waals surface area contributed by atoms with Gasteiger partial charge < -0.3 is 4.57 Å². The van der Waals surface area contributed by atoms with Crippen molar-refractivity contribution in [2.24, 2.45) is 0 Å². The fourth-order valence-electron chi connectivity index (χ4n) is 10.1. The number of nitrogens with zero attached hydrogens (tertiary/aromatic N) is 3. The molecule has 0 atom stereocenters. The number of hydrogen-bond donors (Lipinski definition) is 0. The third-order valence-corrected chi connectivity index (χ3v) is 13.2. The van der Waals surface area contributed by atoms with Gasteiger partial charge >= 0.3 is 0 Å². The van der Waals surface area contributed by atoms with Gasteiger partial charge in [-0.1, -0.05) is 188 Å². The second kappa shape index (κ2) is 15.0. The van der Waals surface area contributed by atoms with Crippen LogP contribution in [-0.4, -0.2) is 14.5 Å². The van der Waals surface area contributed by atoms with Crippen molar-refractivity contribution in [3.8, 4) is 61.5 Å². The molecular weight excluding hydrogens is 787 g/mol. The molecule has 2 aromatic heterocycles. The van der Waals surface area contributed by atoms with Gasteiger partial charge in [0.2, 0.25) is 0 Å². The summed E-state index contributed by atoms with van der Waals surface area (Å²) in [5, 5.41) is 9.66. The Kier molecular flexibility index (Phi) is 8.53. The summed E-state index contributed by atoms with van der Waals surface area (Å²) in [5.74, 6) is 0. The lowest BCUT2D eigenvalue weighted by Gasteiger charge is -2.12. The van der Waals surface area contributed by atoms with Gasteiger partial charge in [0.15, 0.2) is 0 Å². The van der Waals surface area contributed by atoms with Gasteiger partial charge in [-0.25, -0.2) is 4.98 Å². The number of aromatic nitrogens is 3. The first-order valence-corrected chi connectivity index (χ1v) is 22.2. The van der Waals surface area contributed by atoms with Gasteiger partial charge in [-0.3, -0.25) is 4.98 Å². The van der Waals surface area contributed by atoms with Gasteiger partial charge in [-0.15, -0.1) is 0 Å². The molecule has 0 radical (unpaired) electrons. The zero-order valence-corrected chi connectivity index (χ0v) is 35.4. The van der Waals surface area contributed by atoms with Crippen molar-refractivity contribution >= 4 is 65.2 Å². The van der Waals surface area contributed by atoms with E-state index in [0.29, 0.717) is 0 Å². The summed E-state index contributed by atoms with van der Waals surface area (Å²) in [6.45, 7) is 0. The molecule has 0 unspecified atom stereocenters. The highest BCUT2D eigenvalue weighted by Gasteiger charge is 2.16. The summed E-state index contributed by atoms with van der Waals surface area (Å²) in [7, 11) is 0. The highest BCUT2D eigenvalue weighted by molar-refractivity contribution is 6.23. The molecule has 3 heteroatoms. The molecule has 0 saturated carbocycles. The van der Waals surface area contributed by atoms with Crippen LogP contribution in [0.3, 0.4) is 0 Å². The van der Waals surface area contributed by atoms with E-state index >= 15 is 0 Å². The predicted molar refractivity (Wildman–Crippen MR) is 274 cm³/mol. The Morgan fingerprint density at radius 1 is 0.292 bits per heavy atom. The topological polar surface area (TPSA) is 30.7 Å². The normalized spacial score (nSPS) is 11.7. The SMILES string of the molecule is c1cc(-c2ccc(-n3c4ccccc4c4cc(-c5ccc(-c6cccc7ccccc67)cc5)ccc43)cc2)cc(-c2cccc(-c3cnc4c5ccccc5c5ccccc5c4n3)c2)c1. The van der Waals surface area contributed by atoms with E-state index in [1.165, 1.54) is 76.7 Å². The van der Waals surface area contributed by atoms with E-state index in [1.54, 1.807) is 0 Å². The van der Waals surface area contributed by atoms with E-state index in [9.17, 15) is 0 Å². The van der Waals surface area contributed by atoms with Crippen molar-refractivity contribution in [1.82, 2.24) is 14.5 Å². The lowest BCUT2D eigenvalue weighted by Crippen LogP contribution is -1.94. The summed E-state index contributed by atoms with van der Waals surface area (Å²) in [4.78, 5) is 10.3. The van der Waals surface area contributed by atoms with Crippen LogP contribution in [-0.2, 0) is 0 Å². The quantitative estimate of drug-likeness (QED) is 0.156. The van der Waals surface area contributed by atoms with E-state index in [4.69, 9.17) is 9.97 Å². The Bertz CT molecular complexity index is 3950. The van der Waals surface area contributed by atoms with Crippen LogP contribution >= 0.6 is 0 Å². The molecule has 0 spiro atoms. The Hall–Kier alpha value is -8.66. The molecule has 302 valence electrons. The fraction of sp³-hybridized carbons (Fsp3) is 0. The van der Waals surface area contributed by atoms with Crippen molar-refractivity contribution in [2.45, 2.75) is 0 Å². The second-order valence-electron chi connectivity index (χ2n) is 16.9. The maximum Gasteiger partial charge on any atom is 0.0979 e. The van der Waals surface area contributed by atoms with E-state index in [1.807, 2.05) is 6.20 Å². The highest BCUT2D eigenvalue weighted by atomic mass is 15.0. The maximum absolute atomic E-state index is 5.26. The molecule has 0 aliphatic carbocycles. The van der Waals surface area contributed by atoms with Crippen LogP contribution < -0.4 is 0 Å². The molecule has 13 rings (SSSR count). The van der Waals surface area contributed by atoms with Crippen molar-refractivity contribution < 1.29 is 0 Å². The van der Waals surface area contributed by atoms with Gasteiger partial charge in [0, 0.05) is 32.8 Å². The standard InChI is InChI=1S/C62H39N3/c1-2-18-50-42(12-1)13-11-24-51(50)43-28-26-40(27-29-43)47-32-35-60-57(38-47)54-21-7-8-25-59(54)65(60)49-33-30-41(31-34-49)44-14-9-15-45(36-44)46-16-10-17-48(37-46)58-39-63-61-55-22-5-3-19-52(55)53-20-4-6-23-56(53)62(61)64-58/h1-39H. The largest absolute Gasteiger partial charge is 0.309 e. The fourth-order valence-corrected chi connectivity index (χ4v) is 10.1. The summed E-state index contributed by atoms with van der Waals surface area (Å²) < 4.78 is 2.39. The van der Waals surface area contributed by atoms with E-state index in [-0.39, 0.29) is 0 Å². The first-order chi connectivity index (χ1) is 32.2. The molecule has 0 aliphatic rings. The molecule has 0 amide bonds. The molecule has 0 saturated heterocycles. The Labute approximate surface area is 376 Å². The monoisotopic (exact) mass is 825 g/mol. The van der Waals surface area contributed by atoms with Crippen LogP contribution in [0.5, 0.6) is 0 Å². The lowest BCUT2D eigenvalue weighted by molar-refractivity contribution is 1.18. The van der Waals surface area contributed by atoms with Crippen molar-refractivity contribution in [1.29, 1.82) is 0 Å². The van der Waals surface area contributed by atoms with Crippen LogP contribution in [0.4, 0.5) is 0 Å². The average Bonchev–Trinajstić information content (AvgIpc) is 3.72. The number of rotatable bonds is 6. The summed E-state index contributed by atoms with van der Waals surface area (Å²) in [6.07, 6.45) is 1.92. The summed E-state index contributed by atoms with van der Waals surface area (Å²) in [5.41, 5.74) is 16.8. The Balaban J connectivity index is 0.811. The van der Waals surface area contributed by atoms with Crippen molar-refractivity contribution in [3.63, 3.8) is 0 Å². The molecular formula is C62H39N3. The predicted octanol–water partition coefficient (Wildman–Crippen LogP) is 16.5. The molecule has 11 aromatic carbocycles. The van der Waals surface area contributed by atoms with Crippen molar-refractivity contribution in [2.75, 3.05) is 0 Å². The highest BCUT2D eigenvalue weighted by Crippen LogP contribution is 2.38. The molecule has 0 aliphatic heterocycles. The lowest BCUT2D eigenvalue weighted by atomic mass is 9.96. The van der Waals surface area contributed by atoms with E-state index in [0.717, 1.165) is 49.9 Å². The first kappa shape index (κ1) is 36.9. The van der Waals surface area contributed by atoms with Crippen molar-refractivity contribution in [3.05, 3.63) is 237 Å². The van der Waals surface area contributed by atoms with Crippen LogP contribution in [0, 0.1) is 0 Å². The molecule has 0 fully saturated rings. The first-order valence-electron chi connectivity index (χ1n) is 22.2. The van der Waals surface area contributed by atoms with Crippen LogP contribution in [0.25, 0.3) is 127 Å². The van der Waals surface area contributed by atoms with E-state index < -0.39 is 0 Å². The number of hydrogen-bond acceptors (Lipinski definition) is 2. The second-order valence-corrected chi connectivity index (χ2v) is 16.9. The Morgan fingerprint density at radius 3 is 1.52 bits per heavy atom. The molecule has 65 heavy (non-hydrogen) atoms. The third kappa shape index (κ3) is 6.20. The molecule has 0 bridgehead atoms. The minimum Gasteiger partial charge on any atom is -0.309 e. The van der Waals surface area contributed by atoms with Gasteiger partial charge in [-0.05, 0) is 109 Å². The number of benzene rings is 11. The molecule has 2 heterocycles. The zero-order chi connectivity index (χ0) is 42.8. The number of para-hydroxylation sites is 1. The average molecular weight is 826 g/mol. The smallest absolute Gasteiger partial charge is 0.0979 e. The van der Waals surface area contributed by atoms with Gasteiger partial charge in [0.1, 0.15) is 0 Å². The summed E-state index contributed by atoms with van der Waals surface area (Å²) in [6, 6.07) is 83.3. The van der Waals surface area contributed by atoms with Crippen LogP contribution in [0.1, 0.15) is 0 Å². The van der Waals surface area contributed by atoms with Gasteiger partial charge in [-0.2, -0.15) is 0 Å². The zero-order valence-electron chi connectivity index (χ0n) is 35.4.